The summed E-state index contributed by atoms with van der Waals surface area (Å²) < 4.78 is 36.1. The minimum absolute atomic E-state index is 0.0609. The Kier molecular flexibility index (Phi) is 11.3. The molecule has 3 aliphatic rings. The number of carboxylic acid groups (broad SMARTS) is 1. The minimum atomic E-state index is -5.62. The number of nitrogen functional groups attached to an aromatic ring is 1. The quantitative estimate of drug-likeness (QED) is 0.0612. The van der Waals surface area contributed by atoms with Gasteiger partial charge in [-0.1, -0.05) is 53.7 Å². The van der Waals surface area contributed by atoms with E-state index < -0.39 is 111 Å². The molecule has 1 unspecified atom stereocenters. The van der Waals surface area contributed by atoms with Crippen LogP contribution in [0.15, 0.2) is 71.8 Å². The van der Waals surface area contributed by atoms with Crippen LogP contribution in [0.3, 0.4) is 0 Å². The number of benzene rings is 2. The van der Waals surface area contributed by atoms with Crippen molar-refractivity contribution in [2.45, 2.75) is 86.3 Å². The van der Waals surface area contributed by atoms with Crippen molar-refractivity contribution < 1.29 is 73.3 Å². The molecule has 1 aliphatic carbocycles. The first kappa shape index (κ1) is 42.1. The average Bonchev–Trinajstić information content (AvgIpc) is 3.85. The van der Waals surface area contributed by atoms with E-state index in [1.54, 1.807) is 24.3 Å². The lowest BCUT2D eigenvalue weighted by atomic mass is 9.88. The number of phosphoric acid groups is 1. The second-order valence-corrected chi connectivity index (χ2v) is 15.6. The Bertz CT molecular complexity index is 2300. The van der Waals surface area contributed by atoms with Crippen LogP contribution >= 0.6 is 7.82 Å². The molecule has 0 spiro atoms. The number of aromatic nitrogens is 5. The molecule has 2 aromatic heterocycles. The Morgan fingerprint density at radius 1 is 1.07 bits per heavy atom. The molecule has 316 valence electrons. The molecule has 7 rings (SSSR count). The lowest BCUT2D eigenvalue weighted by molar-refractivity contribution is -0.288. The van der Waals surface area contributed by atoms with Crippen molar-refractivity contribution in [3.8, 4) is 11.1 Å². The molecule has 24 heteroatoms. The molecule has 0 radical (unpaired) electrons. The van der Waals surface area contributed by atoms with Crippen molar-refractivity contribution >= 4 is 25.5 Å². The highest BCUT2D eigenvalue weighted by Crippen LogP contribution is 2.52. The number of ether oxygens (including phenoxy) is 2. The summed E-state index contributed by atoms with van der Waals surface area (Å²) in [4.78, 5) is 51.4. The number of phosphoric ester groups is 1. The van der Waals surface area contributed by atoms with Crippen LogP contribution in [0.25, 0.3) is 11.1 Å². The van der Waals surface area contributed by atoms with E-state index in [1.165, 1.54) is 12.3 Å². The van der Waals surface area contributed by atoms with Crippen molar-refractivity contribution in [3.05, 3.63) is 94.3 Å². The highest BCUT2D eigenvalue weighted by atomic mass is 31.2. The zero-order valence-electron chi connectivity index (χ0n) is 30.8. The maximum atomic E-state index is 13.3. The maximum Gasteiger partial charge on any atom is 0.475 e. The fraction of sp³-hybridized carbons (Fsp3) is 0.429. The molecule has 0 saturated carbocycles. The monoisotopic (exact) mass is 845 g/mol. The summed E-state index contributed by atoms with van der Waals surface area (Å²) >= 11 is 0. The predicted molar refractivity (Wildman–Crippen MR) is 195 cm³/mol. The van der Waals surface area contributed by atoms with Crippen molar-refractivity contribution in [2.75, 3.05) is 12.3 Å². The fourth-order valence-electron chi connectivity index (χ4n) is 7.55. The summed E-state index contributed by atoms with van der Waals surface area (Å²) in [5, 5.41) is 87.7. The number of amides is 1. The molecule has 2 aromatic carbocycles. The van der Waals surface area contributed by atoms with E-state index >= 15 is 0 Å². The van der Waals surface area contributed by atoms with Crippen LogP contribution in [0.5, 0.6) is 0 Å². The van der Waals surface area contributed by atoms with Crippen molar-refractivity contribution in [3.63, 3.8) is 0 Å². The van der Waals surface area contributed by atoms with Crippen molar-refractivity contribution in [2.24, 2.45) is 0 Å². The molecule has 4 heterocycles. The summed E-state index contributed by atoms with van der Waals surface area (Å²) in [6.07, 6.45) is -13.6. The lowest BCUT2D eigenvalue weighted by Gasteiger charge is -2.46. The first-order valence-electron chi connectivity index (χ1n) is 17.9. The number of nitrogens with zero attached hydrogens (tertiary/aromatic N) is 5. The Labute approximate surface area is 332 Å². The first-order valence-corrected chi connectivity index (χ1v) is 19.4. The number of aliphatic hydroxyl groups is 6. The lowest BCUT2D eigenvalue weighted by Crippen LogP contribution is -2.67. The molecule has 1 amide bonds. The molecule has 11 atom stereocenters. The number of nitrogens with two attached hydrogens (primary N) is 1. The van der Waals surface area contributed by atoms with Gasteiger partial charge in [-0.25, -0.2) is 23.4 Å². The number of hydrogen-bond acceptors (Lipinski definition) is 18. The number of carboxylic acids is 1. The number of aliphatic carboxylic acids is 1. The van der Waals surface area contributed by atoms with Crippen LogP contribution in [0.2, 0.25) is 0 Å². The number of carbonyl (C=O) groups excluding carboxylic acids is 1. The summed E-state index contributed by atoms with van der Waals surface area (Å²) in [6, 6.07) is 13.8. The Hall–Kier alpha value is -5.01. The van der Waals surface area contributed by atoms with Crippen LogP contribution in [-0.2, 0) is 44.8 Å². The third-order valence-electron chi connectivity index (χ3n) is 10.3. The van der Waals surface area contributed by atoms with Gasteiger partial charge in [0.1, 0.15) is 48.1 Å². The van der Waals surface area contributed by atoms with Crippen molar-refractivity contribution in [1.29, 1.82) is 0 Å². The number of nitrogens with one attached hydrogen (secondary N) is 1. The normalized spacial score (nSPS) is 29.2. The van der Waals surface area contributed by atoms with Gasteiger partial charge in [0.05, 0.1) is 31.5 Å². The smallest absolute Gasteiger partial charge is 0.475 e. The van der Waals surface area contributed by atoms with Gasteiger partial charge in [-0.05, 0) is 17.2 Å². The molecule has 11 N–H and O–H groups in total. The summed E-state index contributed by atoms with van der Waals surface area (Å²) in [5.41, 5.74) is 5.40. The van der Waals surface area contributed by atoms with E-state index in [4.69, 9.17) is 24.3 Å². The minimum Gasteiger partial charge on any atom is -0.477 e. The second kappa shape index (κ2) is 15.9. The third-order valence-corrected chi connectivity index (χ3v) is 11.3. The number of aliphatic hydroxyl groups excluding tert-OH is 5. The first-order chi connectivity index (χ1) is 27.8. The van der Waals surface area contributed by atoms with Crippen LogP contribution in [-0.4, -0.2) is 138 Å². The number of anilines is 1. The SMILES string of the molecule is CC(=O)N[C@H]1[C@H]([C@H](O)[C@H](O)Cn2cc(C3(O)c4ccccc4-c4ccccc43)nn2)O[C@](OP(=O)(O)OC[C@H]2O[C@@H](n3ccc(N)nc3=O)[C@H](O)[C@@H]2O)(C(=O)O)C[C@@H]1O. The standard InChI is InChI=1S/C35H40N7O16P/c1-16(43)37-26-21(44)12-34(32(49)50,58-59(53,54)55-15-23-28(47)29(48)31(56-23)42-11-10-25(36)38-33(42)51)57-30(26)27(46)22(45)13-41-14-24(39-40-41)35(52)19-8-4-2-6-17(19)18-7-3-5-9-20(18)35/h2-11,14,21-23,26-31,44-48,52H,12-13,15H2,1H3,(H,37,43)(H,49,50)(H,53,54)(H2,36,38,51)/t21-,22+,23+,26+,27+,28+,29+,30+,31+,34+/m0/s1. The molecular formula is C35H40N7O16P. The molecule has 4 aromatic rings. The molecule has 59 heavy (non-hydrogen) atoms. The van der Waals surface area contributed by atoms with E-state index in [9.17, 15) is 59.6 Å². The van der Waals surface area contributed by atoms with E-state index in [1.807, 2.05) is 24.3 Å². The van der Waals surface area contributed by atoms with Crippen LogP contribution < -0.4 is 16.7 Å². The van der Waals surface area contributed by atoms with E-state index in [0.29, 0.717) is 11.1 Å². The van der Waals surface area contributed by atoms with Gasteiger partial charge in [-0.15, -0.1) is 5.10 Å². The van der Waals surface area contributed by atoms with E-state index in [-0.39, 0.29) is 11.5 Å². The zero-order valence-corrected chi connectivity index (χ0v) is 31.7. The van der Waals surface area contributed by atoms with Gasteiger partial charge in [-0.3, -0.25) is 13.9 Å². The van der Waals surface area contributed by atoms with Gasteiger partial charge in [0.25, 0.3) is 5.79 Å². The fourth-order valence-corrected chi connectivity index (χ4v) is 8.51. The predicted octanol–water partition coefficient (Wildman–Crippen LogP) is -2.71. The summed E-state index contributed by atoms with van der Waals surface area (Å²) in [6.45, 7) is -0.572. The van der Waals surface area contributed by atoms with E-state index in [0.717, 1.165) is 33.5 Å². The average molecular weight is 846 g/mol. The Balaban J connectivity index is 1.08. The van der Waals surface area contributed by atoms with Gasteiger partial charge in [-0.2, -0.15) is 4.98 Å². The Morgan fingerprint density at radius 3 is 2.32 bits per heavy atom. The number of hydrogen-bond donors (Lipinski definition) is 10. The molecule has 0 bridgehead atoms. The van der Waals surface area contributed by atoms with Crippen LogP contribution in [0.4, 0.5) is 5.82 Å². The van der Waals surface area contributed by atoms with Gasteiger partial charge < -0.3 is 61.2 Å². The molecular weight excluding hydrogens is 805 g/mol. The molecule has 2 saturated heterocycles. The van der Waals surface area contributed by atoms with Gasteiger partial charge >= 0.3 is 19.5 Å². The second-order valence-electron chi connectivity index (χ2n) is 14.3. The summed E-state index contributed by atoms with van der Waals surface area (Å²) in [5.74, 6) is -6.30. The molecule has 2 fully saturated rings. The van der Waals surface area contributed by atoms with Crippen LogP contribution in [0, 0.1) is 0 Å². The number of carbonyl (C=O) groups is 2. The third kappa shape index (κ3) is 7.79. The maximum absolute atomic E-state index is 13.3. The van der Waals surface area contributed by atoms with E-state index in [2.05, 4.69) is 20.6 Å². The van der Waals surface area contributed by atoms with Crippen LogP contribution in [0.1, 0.15) is 36.4 Å². The number of fused-ring (bicyclic) bond motifs is 3. The van der Waals surface area contributed by atoms with Gasteiger partial charge in [0, 0.05) is 30.7 Å². The zero-order chi connectivity index (χ0) is 42.6. The highest BCUT2D eigenvalue weighted by molar-refractivity contribution is 7.47. The van der Waals surface area contributed by atoms with Gasteiger partial charge in [0.2, 0.25) is 5.91 Å². The largest absolute Gasteiger partial charge is 0.477 e. The molecule has 23 nitrogen and oxygen atoms in total. The summed E-state index contributed by atoms with van der Waals surface area (Å²) in [7, 11) is -5.62. The Morgan fingerprint density at radius 2 is 1.71 bits per heavy atom. The van der Waals surface area contributed by atoms with Gasteiger partial charge in [0.15, 0.2) is 11.8 Å². The molecule has 2 aliphatic heterocycles. The highest BCUT2D eigenvalue weighted by Gasteiger charge is 2.59. The number of rotatable bonds is 13. The topological polar surface area (TPSA) is 354 Å². The van der Waals surface area contributed by atoms with Crippen molar-refractivity contribution in [1.82, 2.24) is 29.9 Å².